The van der Waals surface area contributed by atoms with Gasteiger partial charge in [-0.2, -0.15) is 0 Å². The second-order valence-electron chi connectivity index (χ2n) is 7.73. The third-order valence-electron chi connectivity index (χ3n) is 5.59. The lowest BCUT2D eigenvalue weighted by atomic mass is 9.84. The fourth-order valence-corrected chi connectivity index (χ4v) is 3.97. The Bertz CT molecular complexity index is 681. The van der Waals surface area contributed by atoms with Gasteiger partial charge in [-0.05, 0) is 55.0 Å². The van der Waals surface area contributed by atoms with E-state index in [1.807, 2.05) is 18.3 Å². The molecule has 1 aliphatic carbocycles. The average molecular weight is 353 g/mol. The molecule has 0 spiro atoms. The van der Waals surface area contributed by atoms with E-state index in [-0.39, 0.29) is 5.75 Å². The SMILES string of the molecule is CCCCCCCCCC1CCc2nc(-c3ccc(O)cc3)ncc2C1. The van der Waals surface area contributed by atoms with E-state index in [4.69, 9.17) is 4.98 Å². The summed E-state index contributed by atoms with van der Waals surface area (Å²) in [6, 6.07) is 7.14. The predicted molar refractivity (Wildman–Crippen MR) is 107 cm³/mol. The molecule has 26 heavy (non-hydrogen) atoms. The molecule has 140 valence electrons. The third kappa shape index (κ3) is 5.30. The molecule has 0 amide bonds. The Morgan fingerprint density at radius 1 is 1.00 bits per heavy atom. The first kappa shape index (κ1) is 18.9. The van der Waals surface area contributed by atoms with E-state index in [1.165, 1.54) is 69.0 Å². The smallest absolute Gasteiger partial charge is 0.159 e. The van der Waals surface area contributed by atoms with Gasteiger partial charge >= 0.3 is 0 Å². The zero-order valence-electron chi connectivity index (χ0n) is 16.1. The summed E-state index contributed by atoms with van der Waals surface area (Å²) >= 11 is 0. The predicted octanol–water partition coefficient (Wildman–Crippen LogP) is 6.09. The third-order valence-corrected chi connectivity index (χ3v) is 5.59. The van der Waals surface area contributed by atoms with Crippen LogP contribution >= 0.6 is 0 Å². The van der Waals surface area contributed by atoms with Crippen molar-refractivity contribution in [1.29, 1.82) is 0 Å². The molecule has 1 heterocycles. The number of aromatic nitrogens is 2. The first-order valence-corrected chi connectivity index (χ1v) is 10.4. The van der Waals surface area contributed by atoms with Crippen LogP contribution in [0.25, 0.3) is 11.4 Å². The van der Waals surface area contributed by atoms with Crippen LogP contribution in [0.3, 0.4) is 0 Å². The molecular formula is C23H32N2O. The number of phenolic OH excluding ortho intramolecular Hbond substituents is 1. The highest BCUT2D eigenvalue weighted by molar-refractivity contribution is 5.56. The quantitative estimate of drug-likeness (QED) is 0.555. The molecule has 2 aromatic rings. The number of aryl methyl sites for hydroxylation is 1. The lowest BCUT2D eigenvalue weighted by molar-refractivity contribution is 0.399. The molecule has 1 N–H and O–H groups in total. The van der Waals surface area contributed by atoms with Crippen LogP contribution in [0.5, 0.6) is 5.75 Å². The van der Waals surface area contributed by atoms with Gasteiger partial charge in [0, 0.05) is 17.5 Å². The van der Waals surface area contributed by atoms with Crippen LogP contribution < -0.4 is 0 Å². The maximum absolute atomic E-state index is 9.43. The molecule has 1 aliphatic rings. The van der Waals surface area contributed by atoms with Gasteiger partial charge in [0.15, 0.2) is 5.82 Å². The largest absolute Gasteiger partial charge is 0.508 e. The minimum atomic E-state index is 0.278. The molecular weight excluding hydrogens is 320 g/mol. The van der Waals surface area contributed by atoms with Crippen molar-refractivity contribution in [3.63, 3.8) is 0 Å². The Morgan fingerprint density at radius 2 is 1.73 bits per heavy atom. The van der Waals surface area contributed by atoms with Crippen molar-refractivity contribution in [2.75, 3.05) is 0 Å². The summed E-state index contributed by atoms with van der Waals surface area (Å²) in [5.41, 5.74) is 3.53. The van der Waals surface area contributed by atoms with Crippen LogP contribution in [-0.2, 0) is 12.8 Å². The molecule has 1 atom stereocenters. The molecule has 0 aliphatic heterocycles. The van der Waals surface area contributed by atoms with Crippen LogP contribution in [0.2, 0.25) is 0 Å². The highest BCUT2D eigenvalue weighted by Gasteiger charge is 2.20. The van der Waals surface area contributed by atoms with Gasteiger partial charge in [-0.25, -0.2) is 9.97 Å². The van der Waals surface area contributed by atoms with Crippen molar-refractivity contribution < 1.29 is 5.11 Å². The number of nitrogens with zero attached hydrogens (tertiary/aromatic N) is 2. The Labute approximate surface area is 157 Å². The number of fused-ring (bicyclic) bond motifs is 1. The van der Waals surface area contributed by atoms with Crippen molar-refractivity contribution in [3.05, 3.63) is 41.7 Å². The minimum Gasteiger partial charge on any atom is -0.508 e. The molecule has 1 unspecified atom stereocenters. The summed E-state index contributed by atoms with van der Waals surface area (Å²) in [7, 11) is 0. The van der Waals surface area contributed by atoms with Gasteiger partial charge in [0.1, 0.15) is 5.75 Å². The summed E-state index contributed by atoms with van der Waals surface area (Å²) in [4.78, 5) is 9.37. The van der Waals surface area contributed by atoms with E-state index >= 15 is 0 Å². The second kappa shape index (κ2) is 9.70. The van der Waals surface area contributed by atoms with Crippen LogP contribution in [0, 0.1) is 5.92 Å². The molecule has 0 saturated carbocycles. The van der Waals surface area contributed by atoms with Crippen LogP contribution in [0.4, 0.5) is 0 Å². The molecule has 0 saturated heterocycles. The monoisotopic (exact) mass is 352 g/mol. The van der Waals surface area contributed by atoms with Crippen molar-refractivity contribution in [2.24, 2.45) is 5.92 Å². The van der Waals surface area contributed by atoms with Crippen molar-refractivity contribution in [1.82, 2.24) is 9.97 Å². The number of phenols is 1. The van der Waals surface area contributed by atoms with E-state index in [2.05, 4.69) is 11.9 Å². The Hall–Kier alpha value is -1.90. The Morgan fingerprint density at radius 3 is 2.50 bits per heavy atom. The van der Waals surface area contributed by atoms with Crippen LogP contribution in [-0.4, -0.2) is 15.1 Å². The molecule has 0 bridgehead atoms. The van der Waals surface area contributed by atoms with Crippen molar-refractivity contribution in [2.45, 2.75) is 77.6 Å². The van der Waals surface area contributed by atoms with Gasteiger partial charge < -0.3 is 5.11 Å². The maximum Gasteiger partial charge on any atom is 0.159 e. The van der Waals surface area contributed by atoms with Crippen LogP contribution in [0.1, 0.15) is 76.0 Å². The van der Waals surface area contributed by atoms with Gasteiger partial charge in [0.2, 0.25) is 0 Å². The van der Waals surface area contributed by atoms with E-state index in [0.717, 1.165) is 30.1 Å². The second-order valence-corrected chi connectivity index (χ2v) is 7.73. The number of unbranched alkanes of at least 4 members (excludes halogenated alkanes) is 6. The number of rotatable bonds is 9. The van der Waals surface area contributed by atoms with E-state index in [0.29, 0.717) is 0 Å². The highest BCUT2D eigenvalue weighted by Crippen LogP contribution is 2.29. The highest BCUT2D eigenvalue weighted by atomic mass is 16.3. The number of hydrogen-bond acceptors (Lipinski definition) is 3. The van der Waals surface area contributed by atoms with Crippen molar-refractivity contribution >= 4 is 0 Å². The summed E-state index contributed by atoms with van der Waals surface area (Å²) < 4.78 is 0. The molecule has 3 nitrogen and oxygen atoms in total. The summed E-state index contributed by atoms with van der Waals surface area (Å²) in [6.45, 7) is 2.28. The zero-order chi connectivity index (χ0) is 18.2. The molecule has 1 aromatic heterocycles. The zero-order valence-corrected chi connectivity index (χ0v) is 16.1. The van der Waals surface area contributed by atoms with E-state index in [9.17, 15) is 5.11 Å². The van der Waals surface area contributed by atoms with Gasteiger partial charge in [-0.15, -0.1) is 0 Å². The average Bonchev–Trinajstić information content (AvgIpc) is 2.67. The number of hydrogen-bond donors (Lipinski definition) is 1. The minimum absolute atomic E-state index is 0.278. The van der Waals surface area contributed by atoms with E-state index in [1.54, 1.807) is 12.1 Å². The molecule has 3 heteroatoms. The van der Waals surface area contributed by atoms with Crippen molar-refractivity contribution in [3.8, 4) is 17.1 Å². The standard InChI is InChI=1S/C23H32N2O/c1-2-3-4-5-6-7-8-9-18-10-15-22-20(16-18)17-24-23(25-22)19-11-13-21(26)14-12-19/h11-14,17-18,26H,2-10,15-16H2,1H3. The van der Waals surface area contributed by atoms with Gasteiger partial charge in [0.25, 0.3) is 0 Å². The maximum atomic E-state index is 9.43. The topological polar surface area (TPSA) is 46.0 Å². The summed E-state index contributed by atoms with van der Waals surface area (Å²) in [5.74, 6) is 1.86. The first-order valence-electron chi connectivity index (χ1n) is 10.4. The lowest BCUT2D eigenvalue weighted by Gasteiger charge is -2.24. The molecule has 1 aromatic carbocycles. The Balaban J connectivity index is 1.48. The lowest BCUT2D eigenvalue weighted by Crippen LogP contribution is -2.16. The fraction of sp³-hybridized carbons (Fsp3) is 0.565. The van der Waals surface area contributed by atoms with Gasteiger partial charge in [-0.3, -0.25) is 0 Å². The van der Waals surface area contributed by atoms with Crippen LogP contribution in [0.15, 0.2) is 30.5 Å². The Kier molecular flexibility index (Phi) is 7.04. The number of benzene rings is 1. The van der Waals surface area contributed by atoms with Gasteiger partial charge in [0.05, 0.1) is 0 Å². The summed E-state index contributed by atoms with van der Waals surface area (Å²) in [6.07, 6.45) is 16.6. The molecule has 0 radical (unpaired) electrons. The normalized spacial score (nSPS) is 16.4. The molecule has 3 rings (SSSR count). The summed E-state index contributed by atoms with van der Waals surface area (Å²) in [5, 5.41) is 9.43. The van der Waals surface area contributed by atoms with E-state index < -0.39 is 0 Å². The first-order chi connectivity index (χ1) is 12.8. The van der Waals surface area contributed by atoms with Gasteiger partial charge in [-0.1, -0.05) is 58.3 Å². The fourth-order valence-electron chi connectivity index (χ4n) is 3.97. The molecule has 0 fully saturated rings. The number of aromatic hydroxyl groups is 1.